The average Bonchev–Trinajstić information content (AvgIpc) is 2.49. The van der Waals surface area contributed by atoms with E-state index in [1.165, 1.54) is 0 Å². The Hall–Kier alpha value is -1.25. The topological polar surface area (TPSA) is 34.0 Å². The smallest absolute Gasteiger partial charge is 0.242 e. The number of hydrogen-bond acceptors (Lipinski definition) is 1. The third-order valence-electron chi connectivity index (χ3n) is 2.67. The lowest BCUT2D eigenvalue weighted by atomic mass is 10.1. The van der Waals surface area contributed by atoms with Crippen molar-refractivity contribution in [2.75, 3.05) is 5.43 Å². The molecule has 3 heteroatoms. The molecule has 0 saturated heterocycles. The van der Waals surface area contributed by atoms with Gasteiger partial charge in [0.1, 0.15) is 0 Å². The van der Waals surface area contributed by atoms with E-state index in [1.807, 2.05) is 24.5 Å². The van der Waals surface area contributed by atoms with Crippen molar-refractivity contribution in [1.82, 2.24) is 4.68 Å². The minimum atomic E-state index is 0.126. The standard InChI is InChI=1S/C10H14N2O/c1-10(2)7-8(10)9(13)11-12-5-3-4-6-12/h3-6,8H,7H2,1-2H3,(H,11,13)/t8-/m1/s1. The van der Waals surface area contributed by atoms with Crippen LogP contribution < -0.4 is 5.43 Å². The highest BCUT2D eigenvalue weighted by atomic mass is 16.2. The first-order valence-electron chi connectivity index (χ1n) is 4.53. The maximum Gasteiger partial charge on any atom is 0.242 e. The number of hydrogen-bond donors (Lipinski definition) is 1. The molecular formula is C10H14N2O. The molecule has 1 heterocycles. The molecule has 0 spiro atoms. The zero-order chi connectivity index (χ0) is 9.47. The van der Waals surface area contributed by atoms with Crippen molar-refractivity contribution in [1.29, 1.82) is 0 Å². The van der Waals surface area contributed by atoms with Crippen molar-refractivity contribution in [3.05, 3.63) is 24.5 Å². The van der Waals surface area contributed by atoms with Crippen LogP contribution in [0.2, 0.25) is 0 Å². The predicted octanol–water partition coefficient (Wildman–Crippen LogP) is 1.60. The number of aromatic nitrogens is 1. The molecule has 1 N–H and O–H groups in total. The Morgan fingerprint density at radius 3 is 2.46 bits per heavy atom. The molecule has 2 rings (SSSR count). The van der Waals surface area contributed by atoms with Crippen LogP contribution in [0.25, 0.3) is 0 Å². The SMILES string of the molecule is CC1(C)C[C@@H]1C(=O)Nn1cccc1. The van der Waals surface area contributed by atoms with Gasteiger partial charge in [-0.2, -0.15) is 0 Å². The van der Waals surface area contributed by atoms with Gasteiger partial charge in [0.15, 0.2) is 0 Å². The van der Waals surface area contributed by atoms with Gasteiger partial charge in [-0.15, -0.1) is 0 Å². The second kappa shape index (κ2) is 2.62. The second-order valence-corrected chi connectivity index (χ2v) is 4.31. The van der Waals surface area contributed by atoms with Crippen LogP contribution in [0.1, 0.15) is 20.3 Å². The lowest BCUT2D eigenvalue weighted by Gasteiger charge is -2.06. The third-order valence-corrected chi connectivity index (χ3v) is 2.67. The summed E-state index contributed by atoms with van der Waals surface area (Å²) in [6.45, 7) is 4.24. The maximum atomic E-state index is 11.6. The van der Waals surface area contributed by atoms with E-state index in [4.69, 9.17) is 0 Å². The van der Waals surface area contributed by atoms with Crippen LogP contribution in [0.5, 0.6) is 0 Å². The second-order valence-electron chi connectivity index (χ2n) is 4.31. The molecule has 0 bridgehead atoms. The zero-order valence-corrected chi connectivity index (χ0v) is 7.95. The van der Waals surface area contributed by atoms with Crippen molar-refractivity contribution in [3.8, 4) is 0 Å². The molecule has 0 unspecified atom stereocenters. The van der Waals surface area contributed by atoms with Gasteiger partial charge in [-0.05, 0) is 24.0 Å². The van der Waals surface area contributed by atoms with Crippen molar-refractivity contribution in [3.63, 3.8) is 0 Å². The third kappa shape index (κ3) is 1.59. The van der Waals surface area contributed by atoms with Crippen LogP contribution in [0.3, 0.4) is 0 Å². The number of amides is 1. The fourth-order valence-electron chi connectivity index (χ4n) is 1.53. The first-order chi connectivity index (χ1) is 6.09. The van der Waals surface area contributed by atoms with Gasteiger partial charge >= 0.3 is 0 Å². The van der Waals surface area contributed by atoms with Gasteiger partial charge in [-0.1, -0.05) is 13.8 Å². The minimum Gasteiger partial charge on any atom is -0.273 e. The van der Waals surface area contributed by atoms with E-state index >= 15 is 0 Å². The van der Waals surface area contributed by atoms with Crippen molar-refractivity contribution >= 4 is 5.91 Å². The highest BCUT2D eigenvalue weighted by Gasteiger charge is 2.50. The van der Waals surface area contributed by atoms with Gasteiger partial charge in [0, 0.05) is 18.3 Å². The lowest BCUT2D eigenvalue weighted by Crippen LogP contribution is -2.24. The highest BCUT2D eigenvalue weighted by molar-refractivity contribution is 5.89. The normalized spacial score (nSPS) is 24.0. The number of carbonyl (C=O) groups is 1. The summed E-state index contributed by atoms with van der Waals surface area (Å²) in [5.74, 6) is 0.316. The van der Waals surface area contributed by atoms with Crippen molar-refractivity contribution in [2.45, 2.75) is 20.3 Å². The molecule has 1 saturated carbocycles. The van der Waals surface area contributed by atoms with Crippen LogP contribution in [-0.4, -0.2) is 10.6 Å². The van der Waals surface area contributed by atoms with E-state index in [9.17, 15) is 4.79 Å². The Kier molecular flexibility index (Phi) is 1.68. The molecule has 1 fully saturated rings. The first kappa shape index (κ1) is 8.35. The molecule has 0 radical (unpaired) electrons. The molecule has 13 heavy (non-hydrogen) atoms. The van der Waals surface area contributed by atoms with Crippen molar-refractivity contribution < 1.29 is 4.79 Å². The van der Waals surface area contributed by atoms with E-state index in [2.05, 4.69) is 19.3 Å². The average molecular weight is 178 g/mol. The number of carbonyl (C=O) groups excluding carboxylic acids is 1. The molecule has 0 aromatic carbocycles. The van der Waals surface area contributed by atoms with E-state index in [0.717, 1.165) is 6.42 Å². The summed E-state index contributed by atoms with van der Waals surface area (Å²) < 4.78 is 1.69. The van der Waals surface area contributed by atoms with Crippen LogP contribution in [-0.2, 0) is 4.79 Å². The predicted molar refractivity (Wildman–Crippen MR) is 50.7 cm³/mol. The summed E-state index contributed by atoms with van der Waals surface area (Å²) in [4.78, 5) is 11.6. The van der Waals surface area contributed by atoms with Gasteiger partial charge in [0.2, 0.25) is 5.91 Å². The van der Waals surface area contributed by atoms with Gasteiger partial charge in [-0.25, -0.2) is 0 Å². The highest BCUT2D eigenvalue weighted by Crippen LogP contribution is 2.51. The molecular weight excluding hydrogens is 164 g/mol. The van der Waals surface area contributed by atoms with E-state index in [1.54, 1.807) is 4.68 Å². The summed E-state index contributed by atoms with van der Waals surface area (Å²) in [6, 6.07) is 3.77. The molecule has 0 aliphatic heterocycles. The van der Waals surface area contributed by atoms with Crippen LogP contribution >= 0.6 is 0 Å². The number of rotatable bonds is 2. The number of nitrogens with one attached hydrogen (secondary N) is 1. The Balaban J connectivity index is 1.94. The Morgan fingerprint density at radius 1 is 1.46 bits per heavy atom. The monoisotopic (exact) mass is 178 g/mol. The van der Waals surface area contributed by atoms with Gasteiger partial charge in [0.05, 0.1) is 0 Å². The molecule has 1 amide bonds. The van der Waals surface area contributed by atoms with E-state index < -0.39 is 0 Å². The summed E-state index contributed by atoms with van der Waals surface area (Å²) >= 11 is 0. The van der Waals surface area contributed by atoms with E-state index in [0.29, 0.717) is 0 Å². The van der Waals surface area contributed by atoms with E-state index in [-0.39, 0.29) is 17.2 Å². The maximum absolute atomic E-state index is 11.6. The summed E-state index contributed by atoms with van der Waals surface area (Å²) in [5, 5.41) is 0. The fourth-order valence-corrected chi connectivity index (χ4v) is 1.53. The quantitative estimate of drug-likeness (QED) is 0.733. The molecule has 1 atom stereocenters. The van der Waals surface area contributed by atoms with Crippen LogP contribution in [0, 0.1) is 11.3 Å². The summed E-state index contributed by atoms with van der Waals surface area (Å²) in [6.07, 6.45) is 4.65. The Labute approximate surface area is 77.7 Å². The van der Waals surface area contributed by atoms with Crippen molar-refractivity contribution in [2.24, 2.45) is 11.3 Å². The van der Waals surface area contributed by atoms with Gasteiger partial charge in [-0.3, -0.25) is 14.9 Å². The Bertz CT molecular complexity index is 314. The largest absolute Gasteiger partial charge is 0.273 e. The lowest BCUT2D eigenvalue weighted by molar-refractivity contribution is -0.118. The number of nitrogens with zero attached hydrogens (tertiary/aromatic N) is 1. The molecule has 1 aliphatic carbocycles. The molecule has 1 aliphatic rings. The van der Waals surface area contributed by atoms with Crippen LogP contribution in [0.15, 0.2) is 24.5 Å². The Morgan fingerprint density at radius 2 is 2.00 bits per heavy atom. The molecule has 1 aromatic rings. The van der Waals surface area contributed by atoms with Gasteiger partial charge in [0.25, 0.3) is 0 Å². The van der Waals surface area contributed by atoms with Gasteiger partial charge < -0.3 is 0 Å². The molecule has 3 nitrogen and oxygen atoms in total. The van der Waals surface area contributed by atoms with Crippen LogP contribution in [0.4, 0.5) is 0 Å². The fraction of sp³-hybridized carbons (Fsp3) is 0.500. The molecule has 70 valence electrons. The summed E-state index contributed by atoms with van der Waals surface area (Å²) in [7, 11) is 0. The zero-order valence-electron chi connectivity index (χ0n) is 7.95. The first-order valence-corrected chi connectivity index (χ1v) is 4.53. The minimum absolute atomic E-state index is 0.126. The molecule has 1 aromatic heterocycles. The summed E-state index contributed by atoms with van der Waals surface area (Å²) in [5.41, 5.74) is 3.02.